The van der Waals surface area contributed by atoms with Crippen LogP contribution < -0.4 is 4.72 Å². The summed E-state index contributed by atoms with van der Waals surface area (Å²) in [5, 5.41) is 9.94. The van der Waals surface area contributed by atoms with Gasteiger partial charge in [0.15, 0.2) is 0 Å². The first kappa shape index (κ1) is 15.7. The molecule has 0 saturated heterocycles. The topological polar surface area (TPSA) is 66.4 Å². The maximum Gasteiger partial charge on any atom is 0.243 e. The third kappa shape index (κ3) is 3.69. The van der Waals surface area contributed by atoms with Crippen molar-refractivity contribution in [3.05, 3.63) is 29.0 Å². The Morgan fingerprint density at radius 1 is 1.35 bits per heavy atom. The van der Waals surface area contributed by atoms with Crippen LogP contribution in [0.4, 0.5) is 4.39 Å². The molecule has 0 radical (unpaired) electrons. The molecule has 112 valence electrons. The van der Waals surface area contributed by atoms with Crippen LogP contribution in [-0.4, -0.2) is 26.2 Å². The van der Waals surface area contributed by atoms with Gasteiger partial charge in [-0.15, -0.1) is 0 Å². The molecule has 0 amide bonds. The molecule has 0 spiro atoms. The molecule has 7 heteroatoms. The lowest BCUT2D eigenvalue weighted by atomic mass is 9.87. The van der Waals surface area contributed by atoms with Crippen LogP contribution in [0.3, 0.4) is 0 Å². The van der Waals surface area contributed by atoms with Crippen molar-refractivity contribution in [1.82, 2.24) is 4.72 Å². The van der Waals surface area contributed by atoms with Gasteiger partial charge in [-0.2, -0.15) is 0 Å². The summed E-state index contributed by atoms with van der Waals surface area (Å²) in [6.07, 6.45) is 2.88. The first-order chi connectivity index (χ1) is 9.40. The number of aliphatic hydroxyl groups excluding tert-OH is 1. The summed E-state index contributed by atoms with van der Waals surface area (Å²) >= 11 is 5.60. The second-order valence-electron chi connectivity index (χ2n) is 5.04. The molecule has 1 saturated carbocycles. The zero-order chi connectivity index (χ0) is 14.8. The number of aliphatic hydroxyl groups is 1. The maximum absolute atomic E-state index is 13.6. The average Bonchev–Trinajstić information content (AvgIpc) is 2.37. The fraction of sp³-hybridized carbons (Fsp3) is 0.538. The predicted molar refractivity (Wildman–Crippen MR) is 74.6 cm³/mol. The molecule has 2 unspecified atom stereocenters. The highest BCUT2D eigenvalue weighted by atomic mass is 35.5. The molecule has 1 fully saturated rings. The fourth-order valence-electron chi connectivity index (χ4n) is 2.41. The van der Waals surface area contributed by atoms with Crippen LogP contribution in [0.2, 0.25) is 5.02 Å². The lowest BCUT2D eigenvalue weighted by molar-refractivity contribution is 0.0724. The maximum atomic E-state index is 13.6. The van der Waals surface area contributed by atoms with E-state index in [1.165, 1.54) is 6.07 Å². The summed E-state index contributed by atoms with van der Waals surface area (Å²) in [4.78, 5) is -0.424. The Labute approximate surface area is 123 Å². The van der Waals surface area contributed by atoms with Crippen LogP contribution >= 0.6 is 11.6 Å². The molecule has 0 aliphatic heterocycles. The standard InChI is InChI=1S/C13H17ClFNO3S/c14-10-5-6-13(11(15)7-10)20(18,19)16-8-9-3-1-2-4-12(9)17/h5-7,9,12,16-17H,1-4,8H2. The number of benzene rings is 1. The molecule has 0 aromatic heterocycles. The van der Waals surface area contributed by atoms with E-state index in [1.807, 2.05) is 0 Å². The second-order valence-corrected chi connectivity index (χ2v) is 7.21. The van der Waals surface area contributed by atoms with Gasteiger partial charge in [0.25, 0.3) is 0 Å². The van der Waals surface area contributed by atoms with Crippen molar-refractivity contribution in [2.75, 3.05) is 6.54 Å². The lowest BCUT2D eigenvalue weighted by Gasteiger charge is -2.27. The van der Waals surface area contributed by atoms with Gasteiger partial charge in [0.2, 0.25) is 10.0 Å². The number of halogens is 2. The molecule has 20 heavy (non-hydrogen) atoms. The van der Waals surface area contributed by atoms with E-state index in [-0.39, 0.29) is 17.5 Å². The van der Waals surface area contributed by atoms with E-state index in [2.05, 4.69) is 4.72 Å². The van der Waals surface area contributed by atoms with Crippen LogP contribution in [0, 0.1) is 11.7 Å². The van der Waals surface area contributed by atoms with E-state index in [1.54, 1.807) is 0 Å². The third-order valence-electron chi connectivity index (χ3n) is 3.59. The molecule has 1 aliphatic rings. The van der Waals surface area contributed by atoms with Crippen LogP contribution in [0.15, 0.2) is 23.1 Å². The molecule has 1 aromatic carbocycles. The Kier molecular flexibility index (Phi) is 5.01. The molecule has 0 heterocycles. The van der Waals surface area contributed by atoms with Crippen LogP contribution in [0.25, 0.3) is 0 Å². The quantitative estimate of drug-likeness (QED) is 0.894. The molecular formula is C13H17ClFNO3S. The minimum Gasteiger partial charge on any atom is -0.393 e. The van der Waals surface area contributed by atoms with Crippen molar-refractivity contribution in [3.63, 3.8) is 0 Å². The molecule has 2 rings (SSSR count). The van der Waals surface area contributed by atoms with Crippen molar-refractivity contribution in [2.24, 2.45) is 5.92 Å². The number of rotatable bonds is 4. The zero-order valence-corrected chi connectivity index (χ0v) is 12.4. The number of hydrogen-bond donors (Lipinski definition) is 2. The van der Waals surface area contributed by atoms with Crippen molar-refractivity contribution in [1.29, 1.82) is 0 Å². The van der Waals surface area contributed by atoms with Crippen molar-refractivity contribution < 1.29 is 17.9 Å². The van der Waals surface area contributed by atoms with E-state index in [4.69, 9.17) is 11.6 Å². The van der Waals surface area contributed by atoms with Crippen molar-refractivity contribution in [3.8, 4) is 0 Å². The number of nitrogens with one attached hydrogen (secondary N) is 1. The van der Waals surface area contributed by atoms with E-state index in [0.717, 1.165) is 31.4 Å². The molecule has 2 N–H and O–H groups in total. The van der Waals surface area contributed by atoms with Crippen LogP contribution in [0.5, 0.6) is 0 Å². The van der Waals surface area contributed by atoms with E-state index >= 15 is 0 Å². The average molecular weight is 322 g/mol. The van der Waals surface area contributed by atoms with Gasteiger partial charge >= 0.3 is 0 Å². The van der Waals surface area contributed by atoms with E-state index < -0.39 is 26.8 Å². The van der Waals surface area contributed by atoms with E-state index in [0.29, 0.717) is 6.42 Å². The normalized spacial score (nSPS) is 23.8. The SMILES string of the molecule is O=S(=O)(NCC1CCCCC1O)c1ccc(Cl)cc1F. The summed E-state index contributed by atoms with van der Waals surface area (Å²) in [5.41, 5.74) is 0. The van der Waals surface area contributed by atoms with Gasteiger partial charge in [0.05, 0.1) is 6.10 Å². The predicted octanol–water partition coefficient (Wildman–Crippen LogP) is 2.31. The highest BCUT2D eigenvalue weighted by Gasteiger charge is 2.26. The Morgan fingerprint density at radius 3 is 2.70 bits per heavy atom. The molecular weight excluding hydrogens is 305 g/mol. The molecule has 4 nitrogen and oxygen atoms in total. The highest BCUT2D eigenvalue weighted by molar-refractivity contribution is 7.89. The second kappa shape index (κ2) is 6.39. The molecule has 0 bridgehead atoms. The highest BCUT2D eigenvalue weighted by Crippen LogP contribution is 2.24. The number of hydrogen-bond acceptors (Lipinski definition) is 3. The number of sulfonamides is 1. The zero-order valence-electron chi connectivity index (χ0n) is 10.9. The van der Waals surface area contributed by atoms with Crippen LogP contribution in [-0.2, 0) is 10.0 Å². The first-order valence-electron chi connectivity index (χ1n) is 6.53. The van der Waals surface area contributed by atoms with Gasteiger partial charge in [-0.1, -0.05) is 24.4 Å². The van der Waals surface area contributed by atoms with Crippen molar-refractivity contribution in [2.45, 2.75) is 36.7 Å². The van der Waals surface area contributed by atoms with Gasteiger partial charge in [-0.25, -0.2) is 17.5 Å². The van der Waals surface area contributed by atoms with E-state index in [9.17, 15) is 17.9 Å². The minimum absolute atomic E-state index is 0.117. The summed E-state index contributed by atoms with van der Waals surface area (Å²) < 4.78 is 40.1. The molecule has 1 aromatic rings. The molecule has 1 aliphatic carbocycles. The minimum atomic E-state index is -3.93. The first-order valence-corrected chi connectivity index (χ1v) is 8.39. The molecule has 2 atom stereocenters. The largest absolute Gasteiger partial charge is 0.393 e. The summed E-state index contributed by atoms with van der Waals surface area (Å²) in [6.45, 7) is 0.117. The van der Waals surface area contributed by atoms with Gasteiger partial charge in [-0.05, 0) is 37.0 Å². The third-order valence-corrected chi connectivity index (χ3v) is 5.28. The van der Waals surface area contributed by atoms with Gasteiger partial charge in [-0.3, -0.25) is 0 Å². The lowest BCUT2D eigenvalue weighted by Crippen LogP contribution is -2.36. The summed E-state index contributed by atoms with van der Waals surface area (Å²) in [7, 11) is -3.93. The Morgan fingerprint density at radius 2 is 2.05 bits per heavy atom. The monoisotopic (exact) mass is 321 g/mol. The Bertz CT molecular complexity index is 579. The van der Waals surface area contributed by atoms with Gasteiger partial charge in [0, 0.05) is 11.6 Å². The smallest absolute Gasteiger partial charge is 0.243 e. The Hall–Kier alpha value is -0.690. The fourth-order valence-corrected chi connectivity index (χ4v) is 3.72. The summed E-state index contributed by atoms with van der Waals surface area (Å²) in [5.74, 6) is -0.997. The van der Waals surface area contributed by atoms with Crippen LogP contribution in [0.1, 0.15) is 25.7 Å². The van der Waals surface area contributed by atoms with Gasteiger partial charge in [0.1, 0.15) is 10.7 Å². The van der Waals surface area contributed by atoms with Gasteiger partial charge < -0.3 is 5.11 Å². The summed E-state index contributed by atoms with van der Waals surface area (Å²) in [6, 6.07) is 3.43. The van der Waals surface area contributed by atoms with Crippen molar-refractivity contribution >= 4 is 21.6 Å². The Balaban J connectivity index is 2.07.